The molecule has 0 saturated carbocycles. The molecule has 0 aliphatic heterocycles. The topological polar surface area (TPSA) is 50.2 Å². The van der Waals surface area contributed by atoms with E-state index in [-0.39, 0.29) is 11.3 Å². The standard InChI is InChI=1S/C9H8F3NO2/c1-4-2-5(3-6(14)15)7(10)8(13-4)9(11)12/h2,9H,3H2,1H3,(H,14,15). The molecule has 82 valence electrons. The summed E-state index contributed by atoms with van der Waals surface area (Å²) in [6.45, 7) is 1.40. The molecule has 15 heavy (non-hydrogen) atoms. The van der Waals surface area contributed by atoms with E-state index < -0.39 is 30.3 Å². The lowest BCUT2D eigenvalue weighted by Gasteiger charge is -2.06. The van der Waals surface area contributed by atoms with Gasteiger partial charge in [0, 0.05) is 11.3 Å². The van der Waals surface area contributed by atoms with Gasteiger partial charge in [-0.15, -0.1) is 0 Å². The molecule has 0 spiro atoms. The molecule has 0 bridgehead atoms. The number of aliphatic carboxylic acids is 1. The van der Waals surface area contributed by atoms with Gasteiger partial charge in [0.2, 0.25) is 0 Å². The van der Waals surface area contributed by atoms with Crippen LogP contribution in [-0.2, 0) is 11.2 Å². The molecular formula is C9H8F3NO2. The summed E-state index contributed by atoms with van der Waals surface area (Å²) < 4.78 is 37.8. The number of alkyl halides is 2. The third-order valence-corrected chi connectivity index (χ3v) is 1.74. The van der Waals surface area contributed by atoms with Crippen LogP contribution in [0.4, 0.5) is 13.2 Å². The van der Waals surface area contributed by atoms with Gasteiger partial charge >= 0.3 is 5.97 Å². The van der Waals surface area contributed by atoms with E-state index in [0.717, 1.165) is 6.07 Å². The molecular weight excluding hydrogens is 211 g/mol. The quantitative estimate of drug-likeness (QED) is 0.846. The van der Waals surface area contributed by atoms with Gasteiger partial charge < -0.3 is 5.11 Å². The summed E-state index contributed by atoms with van der Waals surface area (Å²) in [6, 6.07) is 1.15. The molecule has 0 saturated heterocycles. The van der Waals surface area contributed by atoms with E-state index in [0.29, 0.717) is 0 Å². The Balaban J connectivity index is 3.21. The Hall–Kier alpha value is -1.59. The Morgan fingerprint density at radius 2 is 2.20 bits per heavy atom. The van der Waals surface area contributed by atoms with Crippen molar-refractivity contribution < 1.29 is 23.1 Å². The Labute approximate surface area is 83.6 Å². The largest absolute Gasteiger partial charge is 0.481 e. The molecule has 1 heterocycles. The Bertz CT molecular complexity index is 393. The number of nitrogens with zero attached hydrogens (tertiary/aromatic N) is 1. The second-order valence-electron chi connectivity index (χ2n) is 2.99. The van der Waals surface area contributed by atoms with Gasteiger partial charge in [-0.3, -0.25) is 4.79 Å². The zero-order valence-corrected chi connectivity index (χ0v) is 7.80. The lowest BCUT2D eigenvalue weighted by atomic mass is 10.1. The molecule has 1 aromatic rings. The molecule has 1 aromatic heterocycles. The number of rotatable bonds is 3. The SMILES string of the molecule is Cc1cc(CC(=O)O)c(F)c(C(F)F)n1. The molecule has 0 radical (unpaired) electrons. The maximum Gasteiger partial charge on any atom is 0.307 e. The molecule has 0 atom stereocenters. The van der Waals surface area contributed by atoms with Gasteiger partial charge in [0.05, 0.1) is 6.42 Å². The van der Waals surface area contributed by atoms with Crippen molar-refractivity contribution in [2.45, 2.75) is 19.8 Å². The summed E-state index contributed by atoms with van der Waals surface area (Å²) in [5, 5.41) is 8.44. The van der Waals surface area contributed by atoms with E-state index >= 15 is 0 Å². The highest BCUT2D eigenvalue weighted by Crippen LogP contribution is 2.23. The fraction of sp³-hybridized carbons (Fsp3) is 0.333. The van der Waals surface area contributed by atoms with Crippen LogP contribution in [0.3, 0.4) is 0 Å². The minimum Gasteiger partial charge on any atom is -0.481 e. The van der Waals surface area contributed by atoms with Gasteiger partial charge in [-0.25, -0.2) is 18.2 Å². The zero-order valence-electron chi connectivity index (χ0n) is 7.80. The lowest BCUT2D eigenvalue weighted by molar-refractivity contribution is -0.136. The van der Waals surface area contributed by atoms with Gasteiger partial charge in [0.15, 0.2) is 5.82 Å². The van der Waals surface area contributed by atoms with Crippen LogP contribution in [0, 0.1) is 12.7 Å². The first-order valence-corrected chi connectivity index (χ1v) is 4.07. The summed E-state index contributed by atoms with van der Waals surface area (Å²) in [7, 11) is 0. The van der Waals surface area contributed by atoms with Crippen molar-refractivity contribution in [3.63, 3.8) is 0 Å². The van der Waals surface area contributed by atoms with E-state index in [1.807, 2.05) is 0 Å². The van der Waals surface area contributed by atoms with Crippen molar-refractivity contribution >= 4 is 5.97 Å². The third-order valence-electron chi connectivity index (χ3n) is 1.74. The van der Waals surface area contributed by atoms with Crippen molar-refractivity contribution in [2.75, 3.05) is 0 Å². The average Bonchev–Trinajstić information content (AvgIpc) is 2.09. The Morgan fingerprint density at radius 3 is 2.67 bits per heavy atom. The van der Waals surface area contributed by atoms with E-state index in [2.05, 4.69) is 4.98 Å². The first-order chi connectivity index (χ1) is 6.91. The minimum absolute atomic E-state index is 0.169. The fourth-order valence-electron chi connectivity index (χ4n) is 1.19. The van der Waals surface area contributed by atoms with Gasteiger partial charge in [0.1, 0.15) is 5.69 Å². The lowest BCUT2D eigenvalue weighted by Crippen LogP contribution is -2.08. The smallest absolute Gasteiger partial charge is 0.307 e. The van der Waals surface area contributed by atoms with E-state index in [9.17, 15) is 18.0 Å². The first-order valence-electron chi connectivity index (χ1n) is 4.07. The van der Waals surface area contributed by atoms with Crippen LogP contribution in [0.5, 0.6) is 0 Å². The van der Waals surface area contributed by atoms with Crippen molar-refractivity contribution in [1.29, 1.82) is 0 Å². The Morgan fingerprint density at radius 1 is 1.60 bits per heavy atom. The minimum atomic E-state index is -3.04. The van der Waals surface area contributed by atoms with Crippen molar-refractivity contribution in [3.05, 3.63) is 28.8 Å². The predicted octanol–water partition coefficient (Wildman–Crippen LogP) is 2.09. The number of carboxylic acids is 1. The van der Waals surface area contributed by atoms with Crippen LogP contribution in [0.15, 0.2) is 6.07 Å². The van der Waals surface area contributed by atoms with Gasteiger partial charge in [-0.1, -0.05) is 0 Å². The number of hydrogen-bond donors (Lipinski definition) is 1. The van der Waals surface area contributed by atoms with Crippen LogP contribution in [0.1, 0.15) is 23.4 Å². The van der Waals surface area contributed by atoms with Crippen LogP contribution in [0.2, 0.25) is 0 Å². The van der Waals surface area contributed by atoms with E-state index in [1.165, 1.54) is 6.92 Å². The van der Waals surface area contributed by atoms with Crippen LogP contribution in [0.25, 0.3) is 0 Å². The molecule has 1 N–H and O–H groups in total. The molecule has 0 fully saturated rings. The summed E-state index contributed by atoms with van der Waals surface area (Å²) in [5.74, 6) is -2.52. The molecule has 3 nitrogen and oxygen atoms in total. The highest BCUT2D eigenvalue weighted by molar-refractivity contribution is 5.70. The summed E-state index contributed by atoms with van der Waals surface area (Å²) in [4.78, 5) is 13.7. The monoisotopic (exact) mass is 219 g/mol. The van der Waals surface area contributed by atoms with Gasteiger partial charge in [-0.05, 0) is 13.0 Å². The third kappa shape index (κ3) is 2.68. The summed E-state index contributed by atoms with van der Waals surface area (Å²) >= 11 is 0. The van der Waals surface area contributed by atoms with Gasteiger partial charge in [-0.2, -0.15) is 0 Å². The average molecular weight is 219 g/mol. The number of aryl methyl sites for hydroxylation is 1. The predicted molar refractivity (Wildman–Crippen MR) is 45.2 cm³/mol. The van der Waals surface area contributed by atoms with Crippen molar-refractivity contribution in [1.82, 2.24) is 4.98 Å². The van der Waals surface area contributed by atoms with Crippen molar-refractivity contribution in [2.24, 2.45) is 0 Å². The van der Waals surface area contributed by atoms with Crippen molar-refractivity contribution in [3.8, 4) is 0 Å². The molecule has 0 aliphatic carbocycles. The number of hydrogen-bond acceptors (Lipinski definition) is 2. The highest BCUT2D eigenvalue weighted by Gasteiger charge is 2.20. The maximum atomic E-state index is 13.3. The zero-order chi connectivity index (χ0) is 11.6. The first kappa shape index (κ1) is 11.5. The van der Waals surface area contributed by atoms with Crippen LogP contribution >= 0.6 is 0 Å². The summed E-state index contributed by atoms with van der Waals surface area (Å²) in [5.41, 5.74) is -1.10. The molecule has 0 aromatic carbocycles. The normalized spacial score (nSPS) is 10.7. The van der Waals surface area contributed by atoms with Crippen LogP contribution < -0.4 is 0 Å². The second kappa shape index (κ2) is 4.29. The number of carboxylic acid groups (broad SMARTS) is 1. The number of aromatic nitrogens is 1. The molecule has 0 amide bonds. The Kier molecular flexibility index (Phi) is 3.28. The van der Waals surface area contributed by atoms with E-state index in [4.69, 9.17) is 5.11 Å². The molecule has 6 heteroatoms. The molecule has 1 rings (SSSR count). The van der Waals surface area contributed by atoms with Crippen LogP contribution in [-0.4, -0.2) is 16.1 Å². The highest BCUT2D eigenvalue weighted by atomic mass is 19.3. The summed E-state index contributed by atoms with van der Waals surface area (Å²) in [6.07, 6.45) is -3.67. The number of pyridine rings is 1. The number of carbonyl (C=O) groups is 1. The maximum absolute atomic E-state index is 13.3. The molecule has 0 aliphatic rings. The number of halogens is 3. The fourth-order valence-corrected chi connectivity index (χ4v) is 1.19. The second-order valence-corrected chi connectivity index (χ2v) is 2.99. The van der Waals surface area contributed by atoms with E-state index in [1.54, 1.807) is 0 Å². The molecule has 0 unspecified atom stereocenters. The van der Waals surface area contributed by atoms with Gasteiger partial charge in [0.25, 0.3) is 6.43 Å².